The Morgan fingerprint density at radius 2 is 2.44 bits per heavy atom. The summed E-state index contributed by atoms with van der Waals surface area (Å²) in [6, 6.07) is 0. The van der Waals surface area contributed by atoms with Crippen molar-refractivity contribution in [1.82, 2.24) is 5.32 Å². The van der Waals surface area contributed by atoms with Crippen molar-refractivity contribution in [2.45, 2.75) is 25.3 Å². The topological polar surface area (TPSA) is 55.1 Å². The maximum Gasteiger partial charge on any atom is 0.239 e. The predicted molar refractivity (Wildman–Crippen MR) is 34.8 cm³/mol. The largest absolute Gasteiger partial charge is 0.355 e. The highest BCUT2D eigenvalue weighted by Crippen LogP contribution is 2.11. The maximum absolute atomic E-state index is 10.9. The van der Waals surface area contributed by atoms with Crippen LogP contribution in [-0.2, 0) is 4.79 Å². The van der Waals surface area contributed by atoms with Gasteiger partial charge in [0.2, 0.25) is 5.91 Å². The van der Waals surface area contributed by atoms with Gasteiger partial charge in [-0.25, -0.2) is 0 Å². The molecular formula is C6H12N2O. The van der Waals surface area contributed by atoms with Gasteiger partial charge in [0.15, 0.2) is 0 Å². The second-order valence-electron chi connectivity index (χ2n) is 2.78. The highest BCUT2D eigenvalue weighted by molar-refractivity contribution is 5.86. The minimum absolute atomic E-state index is 0.0197. The summed E-state index contributed by atoms with van der Waals surface area (Å²) < 4.78 is 0. The summed E-state index contributed by atoms with van der Waals surface area (Å²) >= 11 is 0. The van der Waals surface area contributed by atoms with E-state index in [9.17, 15) is 4.79 Å². The Balaban J connectivity index is 2.60. The molecule has 0 aromatic rings. The van der Waals surface area contributed by atoms with Crippen molar-refractivity contribution in [3.63, 3.8) is 0 Å². The van der Waals surface area contributed by atoms with Gasteiger partial charge in [0.05, 0.1) is 5.54 Å². The van der Waals surface area contributed by atoms with Crippen LogP contribution in [0.4, 0.5) is 0 Å². The lowest BCUT2D eigenvalue weighted by Crippen LogP contribution is -2.55. The molecule has 0 aromatic heterocycles. The van der Waals surface area contributed by atoms with E-state index in [4.69, 9.17) is 5.73 Å². The average molecular weight is 128 g/mol. The Morgan fingerprint density at radius 3 is 2.78 bits per heavy atom. The van der Waals surface area contributed by atoms with Crippen LogP contribution < -0.4 is 11.1 Å². The first kappa shape index (κ1) is 6.55. The molecule has 1 fully saturated rings. The fraction of sp³-hybridized carbons (Fsp3) is 0.833. The molecule has 3 heteroatoms. The number of amides is 1. The van der Waals surface area contributed by atoms with E-state index in [1.54, 1.807) is 6.92 Å². The van der Waals surface area contributed by atoms with Crippen LogP contribution in [0.25, 0.3) is 0 Å². The molecule has 0 radical (unpaired) electrons. The molecule has 1 saturated heterocycles. The zero-order valence-electron chi connectivity index (χ0n) is 5.61. The van der Waals surface area contributed by atoms with Crippen molar-refractivity contribution in [3.8, 4) is 0 Å². The summed E-state index contributed by atoms with van der Waals surface area (Å²) in [5, 5.41) is 2.71. The number of nitrogens with two attached hydrogens (primary N) is 1. The zero-order chi connectivity index (χ0) is 6.91. The smallest absolute Gasteiger partial charge is 0.239 e. The van der Waals surface area contributed by atoms with E-state index in [1.807, 2.05) is 0 Å². The number of carbonyl (C=O) groups is 1. The summed E-state index contributed by atoms with van der Waals surface area (Å²) in [6.07, 6.45) is 1.80. The van der Waals surface area contributed by atoms with E-state index in [0.717, 1.165) is 19.4 Å². The van der Waals surface area contributed by atoms with E-state index in [0.29, 0.717) is 0 Å². The highest BCUT2D eigenvalue weighted by atomic mass is 16.2. The van der Waals surface area contributed by atoms with E-state index >= 15 is 0 Å². The van der Waals surface area contributed by atoms with Crippen molar-refractivity contribution in [2.75, 3.05) is 6.54 Å². The molecule has 0 aliphatic carbocycles. The summed E-state index contributed by atoms with van der Waals surface area (Å²) in [5.74, 6) is -0.0197. The van der Waals surface area contributed by atoms with Gasteiger partial charge in [0.1, 0.15) is 0 Å². The molecule has 3 nitrogen and oxygen atoms in total. The number of carbonyl (C=O) groups excluding carboxylic acids is 1. The van der Waals surface area contributed by atoms with E-state index in [-0.39, 0.29) is 5.91 Å². The minimum Gasteiger partial charge on any atom is -0.355 e. The second-order valence-corrected chi connectivity index (χ2v) is 2.78. The second kappa shape index (κ2) is 1.99. The van der Waals surface area contributed by atoms with Gasteiger partial charge in [-0.15, -0.1) is 0 Å². The van der Waals surface area contributed by atoms with Gasteiger partial charge in [-0.05, 0) is 19.8 Å². The lowest BCUT2D eigenvalue weighted by Gasteiger charge is -2.27. The van der Waals surface area contributed by atoms with Gasteiger partial charge in [0.25, 0.3) is 0 Å². The Morgan fingerprint density at radius 1 is 1.78 bits per heavy atom. The molecule has 0 spiro atoms. The Labute approximate surface area is 54.6 Å². The first-order valence-corrected chi connectivity index (χ1v) is 3.20. The van der Waals surface area contributed by atoms with Crippen molar-refractivity contribution in [2.24, 2.45) is 5.73 Å². The average Bonchev–Trinajstić information content (AvgIpc) is 1.77. The van der Waals surface area contributed by atoms with Crippen molar-refractivity contribution < 1.29 is 4.79 Å². The third-order valence-corrected chi connectivity index (χ3v) is 1.68. The minimum atomic E-state index is -0.613. The molecule has 1 heterocycles. The summed E-state index contributed by atoms with van der Waals surface area (Å²) in [4.78, 5) is 10.9. The quantitative estimate of drug-likeness (QED) is 0.467. The predicted octanol–water partition coefficient (Wildman–Crippen LogP) is -0.386. The number of hydrogen-bond donors (Lipinski definition) is 2. The summed E-state index contributed by atoms with van der Waals surface area (Å²) in [5.41, 5.74) is 5.00. The highest BCUT2D eigenvalue weighted by Gasteiger charge is 2.30. The summed E-state index contributed by atoms with van der Waals surface area (Å²) in [6.45, 7) is 2.55. The van der Waals surface area contributed by atoms with Crippen molar-refractivity contribution >= 4 is 5.91 Å². The SMILES string of the molecule is CC1(N)CCCNC1=O. The van der Waals surface area contributed by atoms with Crippen LogP contribution in [0.5, 0.6) is 0 Å². The first-order chi connectivity index (χ1) is 4.13. The molecule has 0 aromatic carbocycles. The molecule has 0 saturated carbocycles. The van der Waals surface area contributed by atoms with Crippen LogP contribution in [0, 0.1) is 0 Å². The Bertz CT molecular complexity index is 131. The van der Waals surface area contributed by atoms with Crippen LogP contribution in [-0.4, -0.2) is 18.0 Å². The van der Waals surface area contributed by atoms with Gasteiger partial charge in [0, 0.05) is 6.54 Å². The maximum atomic E-state index is 10.9. The monoisotopic (exact) mass is 128 g/mol. The standard InChI is InChI=1S/C6H12N2O/c1-6(7)3-2-4-8-5(6)9/h2-4,7H2,1H3,(H,8,9). The number of hydrogen-bond acceptors (Lipinski definition) is 2. The molecule has 1 rings (SSSR count). The van der Waals surface area contributed by atoms with Gasteiger partial charge in [-0.2, -0.15) is 0 Å². The van der Waals surface area contributed by atoms with Crippen LogP contribution >= 0.6 is 0 Å². The van der Waals surface area contributed by atoms with E-state index in [1.165, 1.54) is 0 Å². The molecule has 0 bridgehead atoms. The fourth-order valence-corrected chi connectivity index (χ4v) is 0.973. The van der Waals surface area contributed by atoms with Crippen LogP contribution in [0.3, 0.4) is 0 Å². The molecule has 1 aliphatic rings. The molecular weight excluding hydrogens is 116 g/mol. The van der Waals surface area contributed by atoms with Gasteiger partial charge in [-0.1, -0.05) is 0 Å². The number of piperidine rings is 1. The summed E-state index contributed by atoms with van der Waals surface area (Å²) in [7, 11) is 0. The van der Waals surface area contributed by atoms with Crippen molar-refractivity contribution in [3.05, 3.63) is 0 Å². The van der Waals surface area contributed by atoms with Crippen LogP contribution in [0.15, 0.2) is 0 Å². The van der Waals surface area contributed by atoms with Gasteiger partial charge in [-0.3, -0.25) is 4.79 Å². The molecule has 1 aliphatic heterocycles. The fourth-order valence-electron chi connectivity index (χ4n) is 0.973. The Kier molecular flexibility index (Phi) is 1.45. The number of rotatable bonds is 0. The third-order valence-electron chi connectivity index (χ3n) is 1.68. The Hall–Kier alpha value is -0.570. The van der Waals surface area contributed by atoms with Crippen molar-refractivity contribution in [1.29, 1.82) is 0 Å². The molecule has 1 unspecified atom stereocenters. The van der Waals surface area contributed by atoms with Gasteiger partial charge >= 0.3 is 0 Å². The molecule has 52 valence electrons. The number of nitrogens with one attached hydrogen (secondary N) is 1. The van der Waals surface area contributed by atoms with Crippen LogP contribution in [0.1, 0.15) is 19.8 Å². The normalized spacial score (nSPS) is 36.0. The van der Waals surface area contributed by atoms with E-state index < -0.39 is 5.54 Å². The molecule has 9 heavy (non-hydrogen) atoms. The lowest BCUT2D eigenvalue weighted by molar-refractivity contribution is -0.127. The molecule has 1 amide bonds. The third kappa shape index (κ3) is 1.21. The van der Waals surface area contributed by atoms with Gasteiger partial charge < -0.3 is 11.1 Å². The van der Waals surface area contributed by atoms with Crippen LogP contribution in [0.2, 0.25) is 0 Å². The first-order valence-electron chi connectivity index (χ1n) is 3.20. The van der Waals surface area contributed by atoms with E-state index in [2.05, 4.69) is 5.32 Å². The molecule has 1 atom stereocenters. The zero-order valence-corrected chi connectivity index (χ0v) is 5.61. The molecule has 3 N–H and O–H groups in total. The lowest BCUT2D eigenvalue weighted by atomic mass is 9.93.